The van der Waals surface area contributed by atoms with Crippen LogP contribution < -0.4 is 10.1 Å². The molecule has 1 aromatic heterocycles. The molecule has 3 aromatic rings. The topological polar surface area (TPSA) is 121 Å². The Morgan fingerprint density at radius 1 is 1.20 bits per heavy atom. The fraction of sp³-hybridized carbons (Fsp3) is 0.150. The van der Waals surface area contributed by atoms with Gasteiger partial charge < -0.3 is 14.8 Å². The van der Waals surface area contributed by atoms with Gasteiger partial charge in [-0.2, -0.15) is 0 Å². The number of nitrogens with one attached hydrogen (secondary N) is 1. The van der Waals surface area contributed by atoms with Crippen molar-refractivity contribution in [2.24, 2.45) is 0 Å². The molecule has 0 radical (unpaired) electrons. The third kappa shape index (κ3) is 5.00. The van der Waals surface area contributed by atoms with Gasteiger partial charge in [-0.15, -0.1) is 0 Å². The number of ether oxygens (including phenoxy) is 2. The van der Waals surface area contributed by atoms with E-state index in [1.54, 1.807) is 25.3 Å². The number of hydrogen-bond acceptors (Lipinski definition) is 7. The third-order valence-electron chi connectivity index (χ3n) is 4.15. The van der Waals surface area contributed by atoms with Crippen LogP contribution in [0.5, 0.6) is 5.75 Å². The first-order chi connectivity index (χ1) is 14.4. The molecule has 0 atom stereocenters. The molecule has 0 aliphatic heterocycles. The molecular weight excluding hydrogens is 414 g/mol. The number of carbonyl (C=O) groups excluding carboxylic acids is 2. The number of non-ortho nitro benzene ring substituents is 1. The number of amides is 1. The first kappa shape index (κ1) is 21.0. The lowest BCUT2D eigenvalue weighted by Crippen LogP contribution is -2.30. The smallest absolute Gasteiger partial charge is 0.325 e. The summed E-state index contributed by atoms with van der Waals surface area (Å²) in [5, 5.41) is 14.1. The number of benzene rings is 2. The first-order valence-corrected chi connectivity index (χ1v) is 9.06. The second-order valence-electron chi connectivity index (χ2n) is 6.15. The second kappa shape index (κ2) is 9.19. The third-order valence-corrected chi connectivity index (χ3v) is 4.48. The van der Waals surface area contributed by atoms with Crippen LogP contribution in [0.15, 0.2) is 48.5 Å². The van der Waals surface area contributed by atoms with Gasteiger partial charge in [0.15, 0.2) is 0 Å². The Balaban J connectivity index is 1.58. The van der Waals surface area contributed by atoms with Crippen LogP contribution in [0.3, 0.4) is 0 Å². The molecule has 1 N–H and O–H groups in total. The number of halogens is 1. The molecule has 2 aromatic carbocycles. The number of nitrogens with zero attached hydrogens (tertiary/aromatic N) is 2. The Bertz CT molecular complexity index is 1130. The zero-order valence-electron chi connectivity index (χ0n) is 15.8. The van der Waals surface area contributed by atoms with Crippen LogP contribution in [-0.4, -0.2) is 35.4 Å². The van der Waals surface area contributed by atoms with Gasteiger partial charge in [-0.05, 0) is 24.3 Å². The van der Waals surface area contributed by atoms with Gasteiger partial charge in [0, 0.05) is 34.7 Å². The van der Waals surface area contributed by atoms with Gasteiger partial charge in [0.2, 0.25) is 0 Å². The Morgan fingerprint density at radius 3 is 2.73 bits per heavy atom. The summed E-state index contributed by atoms with van der Waals surface area (Å²) < 4.78 is 10.3. The number of methoxy groups -OCH3 is 1. The molecule has 10 heteroatoms. The molecule has 9 nitrogen and oxygen atoms in total. The highest BCUT2D eigenvalue weighted by atomic mass is 35.5. The van der Waals surface area contributed by atoms with Crippen molar-refractivity contribution in [3.05, 3.63) is 74.9 Å². The summed E-state index contributed by atoms with van der Waals surface area (Å²) in [5.41, 5.74) is 0.988. The maximum atomic E-state index is 12.1. The molecule has 1 amide bonds. The number of pyridine rings is 1. The first-order valence-electron chi connectivity index (χ1n) is 8.69. The normalized spacial score (nSPS) is 10.5. The Hall–Kier alpha value is -3.72. The van der Waals surface area contributed by atoms with E-state index in [2.05, 4.69) is 10.3 Å². The highest BCUT2D eigenvalue weighted by Gasteiger charge is 2.14. The van der Waals surface area contributed by atoms with Crippen molar-refractivity contribution in [2.75, 3.05) is 13.7 Å². The molecule has 1 heterocycles. The summed E-state index contributed by atoms with van der Waals surface area (Å²) in [6, 6.07) is 12.2. The van der Waals surface area contributed by atoms with E-state index in [-0.39, 0.29) is 23.0 Å². The number of nitro groups is 1. The Morgan fingerprint density at radius 2 is 2.00 bits per heavy atom. The Labute approximate surface area is 175 Å². The summed E-state index contributed by atoms with van der Waals surface area (Å²) in [4.78, 5) is 38.5. The van der Waals surface area contributed by atoms with E-state index in [9.17, 15) is 19.7 Å². The van der Waals surface area contributed by atoms with Gasteiger partial charge in [0.05, 0.1) is 17.5 Å². The SMILES string of the molecule is COc1ccc2cc(COC(=O)CNC(=O)c3cccc([N+](=O)[O-])c3)c(Cl)nc2c1. The zero-order chi connectivity index (χ0) is 21.7. The van der Waals surface area contributed by atoms with Crippen molar-refractivity contribution < 1.29 is 24.0 Å². The summed E-state index contributed by atoms with van der Waals surface area (Å²) >= 11 is 6.16. The van der Waals surface area contributed by atoms with E-state index in [1.807, 2.05) is 6.07 Å². The van der Waals surface area contributed by atoms with Crippen LogP contribution in [0.1, 0.15) is 15.9 Å². The van der Waals surface area contributed by atoms with Gasteiger partial charge >= 0.3 is 5.97 Å². The minimum absolute atomic E-state index is 0.0641. The minimum Gasteiger partial charge on any atom is -0.497 e. The monoisotopic (exact) mass is 429 g/mol. The predicted octanol–water partition coefficient (Wildman–Crippen LogP) is 3.28. The van der Waals surface area contributed by atoms with E-state index in [0.717, 1.165) is 11.5 Å². The molecule has 0 spiro atoms. The van der Waals surface area contributed by atoms with Crippen molar-refractivity contribution in [2.45, 2.75) is 6.61 Å². The highest BCUT2D eigenvalue weighted by molar-refractivity contribution is 6.30. The lowest BCUT2D eigenvalue weighted by atomic mass is 10.1. The zero-order valence-corrected chi connectivity index (χ0v) is 16.5. The van der Waals surface area contributed by atoms with Crippen LogP contribution in [0.4, 0.5) is 5.69 Å². The van der Waals surface area contributed by atoms with E-state index in [0.29, 0.717) is 16.8 Å². The van der Waals surface area contributed by atoms with Crippen molar-refractivity contribution in [1.29, 1.82) is 0 Å². The van der Waals surface area contributed by atoms with E-state index >= 15 is 0 Å². The van der Waals surface area contributed by atoms with Crippen LogP contribution in [0.25, 0.3) is 10.9 Å². The lowest BCUT2D eigenvalue weighted by Gasteiger charge is -2.09. The Kier molecular flexibility index (Phi) is 6.43. The number of aromatic nitrogens is 1. The van der Waals surface area contributed by atoms with Gasteiger partial charge in [-0.1, -0.05) is 17.7 Å². The molecule has 0 unspecified atom stereocenters. The molecule has 154 valence electrons. The highest BCUT2D eigenvalue weighted by Crippen LogP contribution is 2.24. The van der Waals surface area contributed by atoms with E-state index < -0.39 is 23.3 Å². The molecule has 3 rings (SSSR count). The summed E-state index contributed by atoms with van der Waals surface area (Å²) in [6.45, 7) is -0.531. The fourth-order valence-electron chi connectivity index (χ4n) is 2.62. The van der Waals surface area contributed by atoms with Crippen molar-refractivity contribution >= 4 is 40.1 Å². The number of rotatable bonds is 7. The van der Waals surface area contributed by atoms with Gasteiger partial charge in [0.25, 0.3) is 11.6 Å². The van der Waals surface area contributed by atoms with E-state index in [1.165, 1.54) is 18.2 Å². The number of nitro benzene ring substituents is 1. The van der Waals surface area contributed by atoms with E-state index in [4.69, 9.17) is 21.1 Å². The van der Waals surface area contributed by atoms with Crippen LogP contribution in [0.2, 0.25) is 5.15 Å². The molecular formula is C20H16ClN3O6. The summed E-state index contributed by atoms with van der Waals surface area (Å²) in [6.07, 6.45) is 0. The fourth-order valence-corrected chi connectivity index (χ4v) is 2.82. The molecule has 0 aliphatic rings. The second-order valence-corrected chi connectivity index (χ2v) is 6.51. The number of hydrogen-bond donors (Lipinski definition) is 1. The molecule has 0 saturated heterocycles. The maximum Gasteiger partial charge on any atom is 0.325 e. The quantitative estimate of drug-likeness (QED) is 0.265. The van der Waals surface area contributed by atoms with Gasteiger partial charge in [-0.25, -0.2) is 4.98 Å². The van der Waals surface area contributed by atoms with Crippen LogP contribution >= 0.6 is 11.6 Å². The standard InChI is InChI=1S/C20H16ClN3O6/c1-29-16-6-5-12-7-14(19(21)23-17(12)9-16)11-30-18(25)10-22-20(26)13-3-2-4-15(8-13)24(27)28/h2-9H,10-11H2,1H3,(H,22,26). The summed E-state index contributed by atoms with van der Waals surface area (Å²) in [7, 11) is 1.55. The number of esters is 1. The minimum atomic E-state index is -0.695. The average molecular weight is 430 g/mol. The van der Waals surface area contributed by atoms with Gasteiger partial charge in [-0.3, -0.25) is 19.7 Å². The molecule has 30 heavy (non-hydrogen) atoms. The van der Waals surface area contributed by atoms with Crippen molar-refractivity contribution in [1.82, 2.24) is 10.3 Å². The largest absolute Gasteiger partial charge is 0.497 e. The van der Waals surface area contributed by atoms with Crippen LogP contribution in [-0.2, 0) is 16.1 Å². The number of fused-ring (bicyclic) bond motifs is 1. The van der Waals surface area contributed by atoms with Crippen LogP contribution in [0, 0.1) is 10.1 Å². The lowest BCUT2D eigenvalue weighted by molar-refractivity contribution is -0.384. The van der Waals surface area contributed by atoms with Gasteiger partial charge in [0.1, 0.15) is 24.1 Å². The predicted molar refractivity (Wildman–Crippen MR) is 109 cm³/mol. The average Bonchev–Trinajstić information content (AvgIpc) is 2.75. The van der Waals surface area contributed by atoms with Crippen molar-refractivity contribution in [3.8, 4) is 5.75 Å². The molecule has 0 saturated carbocycles. The molecule has 0 aliphatic carbocycles. The molecule has 0 bridgehead atoms. The summed E-state index contributed by atoms with van der Waals surface area (Å²) in [5.74, 6) is -0.681. The molecule has 0 fully saturated rings. The van der Waals surface area contributed by atoms with Crippen molar-refractivity contribution in [3.63, 3.8) is 0 Å². The number of carbonyl (C=O) groups is 2. The maximum absolute atomic E-state index is 12.1.